The summed E-state index contributed by atoms with van der Waals surface area (Å²) in [7, 11) is 4.10. The van der Waals surface area contributed by atoms with Crippen LogP contribution in [0.15, 0.2) is 22.7 Å². The molecule has 0 spiro atoms. The second-order valence-electron chi connectivity index (χ2n) is 4.36. The summed E-state index contributed by atoms with van der Waals surface area (Å²) in [6.45, 7) is 3.08. The molecule has 3 N–H and O–H groups in total. The van der Waals surface area contributed by atoms with E-state index in [1.165, 1.54) is 0 Å². The van der Waals surface area contributed by atoms with Gasteiger partial charge in [0.15, 0.2) is 0 Å². The number of nitrogens with two attached hydrogens (primary N) is 1. The maximum Gasteiger partial charge on any atom is 0.106 e. The van der Waals surface area contributed by atoms with Crippen LogP contribution in [0.1, 0.15) is 12.5 Å². The fraction of sp³-hybridized carbons (Fsp3) is 0.417. The number of thiocarbonyl (C=S) groups is 1. The van der Waals surface area contributed by atoms with Crippen molar-refractivity contribution in [1.82, 2.24) is 4.90 Å². The first-order valence-corrected chi connectivity index (χ1v) is 6.61. The lowest BCUT2D eigenvalue weighted by Gasteiger charge is -2.21. The SMILES string of the molecule is CC(CN(C)C)Nc1cc(Br)ccc1C(N)=S. The highest BCUT2D eigenvalue weighted by atomic mass is 79.9. The largest absolute Gasteiger partial charge is 0.389 e. The highest BCUT2D eigenvalue weighted by Crippen LogP contribution is 2.22. The molecule has 17 heavy (non-hydrogen) atoms. The Morgan fingerprint density at radius 1 is 1.53 bits per heavy atom. The van der Waals surface area contributed by atoms with Crippen LogP contribution >= 0.6 is 28.1 Å². The third kappa shape index (κ3) is 4.61. The minimum Gasteiger partial charge on any atom is -0.389 e. The minimum absolute atomic E-state index is 0.326. The van der Waals surface area contributed by atoms with E-state index in [0.717, 1.165) is 22.3 Å². The summed E-state index contributed by atoms with van der Waals surface area (Å²) >= 11 is 8.50. The molecule has 1 atom stereocenters. The van der Waals surface area contributed by atoms with Crippen molar-refractivity contribution in [2.45, 2.75) is 13.0 Å². The summed E-state index contributed by atoms with van der Waals surface area (Å²) in [6, 6.07) is 6.20. The number of benzene rings is 1. The van der Waals surface area contributed by atoms with Gasteiger partial charge in [-0.2, -0.15) is 0 Å². The molecule has 0 fully saturated rings. The van der Waals surface area contributed by atoms with Crippen LogP contribution in [-0.2, 0) is 0 Å². The van der Waals surface area contributed by atoms with Crippen LogP contribution in [0, 0.1) is 0 Å². The Morgan fingerprint density at radius 2 is 2.18 bits per heavy atom. The molecule has 0 saturated carbocycles. The Bertz CT molecular complexity index is 407. The van der Waals surface area contributed by atoms with Gasteiger partial charge >= 0.3 is 0 Å². The molecule has 3 nitrogen and oxygen atoms in total. The van der Waals surface area contributed by atoms with Gasteiger partial charge in [0, 0.05) is 28.3 Å². The van der Waals surface area contributed by atoms with E-state index < -0.39 is 0 Å². The monoisotopic (exact) mass is 315 g/mol. The van der Waals surface area contributed by atoms with E-state index in [1.54, 1.807) is 0 Å². The number of hydrogen-bond donors (Lipinski definition) is 2. The predicted octanol–water partition coefficient (Wildman–Crippen LogP) is 2.45. The Hall–Kier alpha value is -0.650. The molecule has 0 aromatic heterocycles. The molecule has 0 saturated heterocycles. The van der Waals surface area contributed by atoms with Crippen LogP contribution in [0.2, 0.25) is 0 Å². The topological polar surface area (TPSA) is 41.3 Å². The first kappa shape index (κ1) is 14.4. The summed E-state index contributed by atoms with van der Waals surface area (Å²) in [5.41, 5.74) is 7.56. The maximum absolute atomic E-state index is 5.71. The third-order valence-corrected chi connectivity index (χ3v) is 3.00. The van der Waals surface area contributed by atoms with E-state index in [2.05, 4.69) is 33.1 Å². The fourth-order valence-corrected chi connectivity index (χ4v) is 2.25. The molecule has 0 radical (unpaired) electrons. The smallest absolute Gasteiger partial charge is 0.106 e. The molecule has 0 aliphatic heterocycles. The zero-order valence-corrected chi connectivity index (χ0v) is 12.7. The summed E-state index contributed by atoms with van der Waals surface area (Å²) < 4.78 is 1.01. The number of nitrogens with zero attached hydrogens (tertiary/aromatic N) is 1. The van der Waals surface area contributed by atoms with Gasteiger partial charge in [-0.15, -0.1) is 0 Å². The number of halogens is 1. The average Bonchev–Trinajstić information content (AvgIpc) is 2.15. The second-order valence-corrected chi connectivity index (χ2v) is 5.72. The van der Waals surface area contributed by atoms with Crippen molar-refractivity contribution >= 4 is 38.8 Å². The molecule has 0 amide bonds. The Kier molecular flexibility index (Phi) is 5.36. The molecular weight excluding hydrogens is 298 g/mol. The van der Waals surface area contributed by atoms with E-state index >= 15 is 0 Å². The van der Waals surface area contributed by atoms with Gasteiger partial charge in [0.25, 0.3) is 0 Å². The molecule has 0 aliphatic carbocycles. The van der Waals surface area contributed by atoms with Crippen molar-refractivity contribution in [3.8, 4) is 0 Å². The van der Waals surface area contributed by atoms with Gasteiger partial charge in [0.1, 0.15) is 4.99 Å². The quantitative estimate of drug-likeness (QED) is 0.819. The van der Waals surface area contributed by atoms with Gasteiger partial charge < -0.3 is 16.0 Å². The highest BCUT2D eigenvalue weighted by Gasteiger charge is 2.09. The minimum atomic E-state index is 0.326. The van der Waals surface area contributed by atoms with Gasteiger partial charge in [0.2, 0.25) is 0 Å². The standard InChI is InChI=1S/C12H18BrN3S/c1-8(7-16(2)3)15-11-6-9(13)4-5-10(11)12(14)17/h4-6,8,15H,7H2,1-3H3,(H2,14,17). The van der Waals surface area contributed by atoms with E-state index in [1.807, 2.05) is 32.3 Å². The van der Waals surface area contributed by atoms with Crippen molar-refractivity contribution in [3.05, 3.63) is 28.2 Å². The predicted molar refractivity (Wildman–Crippen MR) is 81.7 cm³/mol. The molecule has 94 valence electrons. The van der Waals surface area contributed by atoms with Crippen LogP contribution < -0.4 is 11.1 Å². The molecule has 0 aliphatic rings. The number of anilines is 1. The lowest BCUT2D eigenvalue weighted by Crippen LogP contribution is -2.30. The molecule has 0 bridgehead atoms. The molecule has 1 unspecified atom stereocenters. The summed E-state index contributed by atoms with van der Waals surface area (Å²) in [5.74, 6) is 0. The van der Waals surface area contributed by atoms with Gasteiger partial charge in [-0.25, -0.2) is 0 Å². The Balaban J connectivity index is 2.88. The van der Waals surface area contributed by atoms with Crippen LogP contribution in [0.5, 0.6) is 0 Å². The van der Waals surface area contributed by atoms with Gasteiger partial charge in [-0.3, -0.25) is 0 Å². The lowest BCUT2D eigenvalue weighted by molar-refractivity contribution is 0.392. The van der Waals surface area contributed by atoms with Crippen molar-refractivity contribution in [1.29, 1.82) is 0 Å². The van der Waals surface area contributed by atoms with Crippen molar-refractivity contribution in [2.75, 3.05) is 26.0 Å². The first-order valence-electron chi connectivity index (χ1n) is 5.40. The fourth-order valence-electron chi connectivity index (χ4n) is 1.71. The Morgan fingerprint density at radius 3 is 2.71 bits per heavy atom. The summed E-state index contributed by atoms with van der Waals surface area (Å²) in [6.07, 6.45) is 0. The van der Waals surface area contributed by atoms with Crippen LogP contribution in [0.25, 0.3) is 0 Å². The molecular formula is C12H18BrN3S. The summed E-state index contributed by atoms with van der Waals surface area (Å²) in [5, 5.41) is 3.42. The number of rotatable bonds is 5. The van der Waals surface area contributed by atoms with Gasteiger partial charge in [-0.05, 0) is 39.2 Å². The lowest BCUT2D eigenvalue weighted by atomic mass is 10.1. The third-order valence-electron chi connectivity index (χ3n) is 2.29. The molecule has 0 heterocycles. The first-order chi connectivity index (χ1) is 7.90. The van der Waals surface area contributed by atoms with Gasteiger partial charge in [0.05, 0.1) is 0 Å². The number of hydrogen-bond acceptors (Lipinski definition) is 3. The molecule has 1 aromatic carbocycles. The van der Waals surface area contributed by atoms with E-state index in [9.17, 15) is 0 Å². The summed E-state index contributed by atoms with van der Waals surface area (Å²) in [4.78, 5) is 2.55. The van der Waals surface area contributed by atoms with Crippen molar-refractivity contribution in [3.63, 3.8) is 0 Å². The normalized spacial score (nSPS) is 12.5. The molecule has 5 heteroatoms. The Labute approximate surface area is 116 Å². The average molecular weight is 316 g/mol. The second kappa shape index (κ2) is 6.33. The van der Waals surface area contributed by atoms with Crippen LogP contribution in [-0.4, -0.2) is 36.6 Å². The van der Waals surface area contributed by atoms with Crippen LogP contribution in [0.3, 0.4) is 0 Å². The zero-order chi connectivity index (χ0) is 13.0. The zero-order valence-electron chi connectivity index (χ0n) is 10.3. The van der Waals surface area contributed by atoms with Crippen LogP contribution in [0.4, 0.5) is 5.69 Å². The van der Waals surface area contributed by atoms with E-state index in [0.29, 0.717) is 11.0 Å². The van der Waals surface area contributed by atoms with Crippen molar-refractivity contribution in [2.24, 2.45) is 5.73 Å². The van der Waals surface area contributed by atoms with E-state index in [-0.39, 0.29) is 0 Å². The van der Waals surface area contributed by atoms with Gasteiger partial charge in [-0.1, -0.05) is 28.1 Å². The molecule has 1 aromatic rings. The van der Waals surface area contributed by atoms with E-state index in [4.69, 9.17) is 18.0 Å². The maximum atomic E-state index is 5.71. The number of likely N-dealkylation sites (N-methyl/N-ethyl adjacent to an activating group) is 1. The molecule has 1 rings (SSSR count). The van der Waals surface area contributed by atoms with Crippen molar-refractivity contribution < 1.29 is 0 Å². The highest BCUT2D eigenvalue weighted by molar-refractivity contribution is 9.10. The number of nitrogens with one attached hydrogen (secondary N) is 1.